The van der Waals surface area contributed by atoms with Gasteiger partial charge in [0.25, 0.3) is 5.91 Å². The Hall–Kier alpha value is -4.67. The normalized spacial score (nSPS) is 11.0. The third-order valence-electron chi connectivity index (χ3n) is 5.39. The van der Waals surface area contributed by atoms with E-state index in [1.807, 2.05) is 24.3 Å². The van der Waals surface area contributed by atoms with Gasteiger partial charge in [0.1, 0.15) is 17.7 Å². The number of carbonyl (C=O) groups is 1. The first-order valence-electron chi connectivity index (χ1n) is 10.5. The molecule has 3 heterocycles. The molecule has 0 aliphatic heterocycles. The minimum Gasteiger partial charge on any atom is -0.378 e. The molecule has 0 bridgehead atoms. The van der Waals surface area contributed by atoms with Gasteiger partial charge in [0.15, 0.2) is 5.69 Å². The predicted octanol–water partition coefficient (Wildman–Crippen LogP) is 3.13. The Morgan fingerprint density at radius 3 is 2.65 bits per heavy atom. The molecule has 0 aliphatic carbocycles. The van der Waals surface area contributed by atoms with Crippen molar-refractivity contribution >= 4 is 22.6 Å². The molecule has 5 aromatic rings. The zero-order valence-corrected chi connectivity index (χ0v) is 18.1. The molecule has 0 unspecified atom stereocenters. The second-order valence-electron chi connectivity index (χ2n) is 7.70. The number of benzene rings is 2. The van der Waals surface area contributed by atoms with Crippen molar-refractivity contribution in [1.29, 1.82) is 0 Å². The van der Waals surface area contributed by atoms with Gasteiger partial charge < -0.3 is 15.6 Å². The summed E-state index contributed by atoms with van der Waals surface area (Å²) in [7, 11) is 0. The van der Waals surface area contributed by atoms with E-state index in [1.165, 1.54) is 12.4 Å². The molecule has 0 fully saturated rings. The molecule has 0 saturated carbocycles. The summed E-state index contributed by atoms with van der Waals surface area (Å²) in [5.41, 5.74) is 5.38. The lowest BCUT2D eigenvalue weighted by atomic mass is 10.1. The van der Waals surface area contributed by atoms with Gasteiger partial charge in [-0.25, -0.2) is 14.4 Å². The second kappa shape index (κ2) is 9.06. The Morgan fingerprint density at radius 2 is 1.88 bits per heavy atom. The number of carbonyl (C=O) groups excluding carboxylic acids is 1. The zero-order valence-electron chi connectivity index (χ0n) is 18.1. The van der Waals surface area contributed by atoms with Crippen molar-refractivity contribution < 1.29 is 9.18 Å². The van der Waals surface area contributed by atoms with Gasteiger partial charge in [0.05, 0.1) is 11.2 Å². The largest absolute Gasteiger partial charge is 0.378 e. The monoisotopic (exact) mass is 457 g/mol. The first-order chi connectivity index (χ1) is 16.6. The fourth-order valence-corrected chi connectivity index (χ4v) is 3.58. The van der Waals surface area contributed by atoms with E-state index in [0.717, 1.165) is 22.4 Å². The van der Waals surface area contributed by atoms with Gasteiger partial charge in [-0.15, -0.1) is 10.2 Å². The fraction of sp³-hybridized carbons (Fsp3) is 0.130. The highest BCUT2D eigenvalue weighted by molar-refractivity contribution is 6.05. The molecule has 11 heteroatoms. The van der Waals surface area contributed by atoms with Crippen LogP contribution in [0.25, 0.3) is 22.4 Å². The number of halogens is 1. The molecular formula is C23H20FN9O. The molecule has 0 spiro atoms. The minimum absolute atomic E-state index is 0.237. The van der Waals surface area contributed by atoms with E-state index >= 15 is 0 Å². The maximum atomic E-state index is 13.5. The lowest BCUT2D eigenvalue weighted by molar-refractivity contribution is 0.0947. The standard InChI is InChI=1S/C23H20FN9O/c1-13-8-15(4-7-17(13)24)10-27-23(34)21-20-19(28-12-29-21)18(11-26-20)25-9-14-2-5-16(6-3-14)22-30-32-33-31-22/h2-8,11-12,25-26H,9-10H2,1H3,(H,27,34)(H,30,31,32,33). The molecule has 2 aromatic carbocycles. The number of anilines is 1. The van der Waals surface area contributed by atoms with Crippen molar-refractivity contribution in [3.63, 3.8) is 0 Å². The zero-order chi connectivity index (χ0) is 23.5. The Kier molecular flexibility index (Phi) is 5.65. The highest BCUT2D eigenvalue weighted by Gasteiger charge is 2.16. The van der Waals surface area contributed by atoms with E-state index in [2.05, 4.69) is 46.2 Å². The van der Waals surface area contributed by atoms with Crippen molar-refractivity contribution in [3.05, 3.63) is 83.2 Å². The SMILES string of the molecule is Cc1cc(CNC(=O)c2ncnc3c(NCc4ccc(-c5nn[nH]n5)cc4)c[nH]c23)ccc1F. The quantitative estimate of drug-likeness (QED) is 0.295. The van der Waals surface area contributed by atoms with E-state index in [0.29, 0.717) is 29.0 Å². The number of hydrogen-bond acceptors (Lipinski definition) is 7. The number of hydrogen-bond donors (Lipinski definition) is 4. The Labute approximate surface area is 193 Å². The molecule has 10 nitrogen and oxygen atoms in total. The lowest BCUT2D eigenvalue weighted by Crippen LogP contribution is -2.24. The van der Waals surface area contributed by atoms with Crippen molar-refractivity contribution in [2.75, 3.05) is 5.32 Å². The van der Waals surface area contributed by atoms with Crippen molar-refractivity contribution in [2.24, 2.45) is 0 Å². The molecule has 1 amide bonds. The van der Waals surface area contributed by atoms with Crippen LogP contribution in [0.15, 0.2) is 55.0 Å². The van der Waals surface area contributed by atoms with Crippen molar-refractivity contribution in [2.45, 2.75) is 20.0 Å². The topological polar surface area (TPSA) is 137 Å². The molecule has 170 valence electrons. The van der Waals surface area contributed by atoms with Crippen LogP contribution in [-0.2, 0) is 13.1 Å². The van der Waals surface area contributed by atoms with Crippen molar-refractivity contribution in [3.8, 4) is 11.4 Å². The molecule has 0 saturated heterocycles. The van der Waals surface area contributed by atoms with E-state index < -0.39 is 0 Å². The highest BCUT2D eigenvalue weighted by atomic mass is 19.1. The number of aryl methyl sites for hydroxylation is 1. The lowest BCUT2D eigenvalue weighted by Gasteiger charge is -2.08. The number of nitrogens with zero attached hydrogens (tertiary/aromatic N) is 5. The third-order valence-corrected chi connectivity index (χ3v) is 5.39. The summed E-state index contributed by atoms with van der Waals surface area (Å²) in [6, 6.07) is 12.5. The van der Waals surface area contributed by atoms with Gasteiger partial charge in [-0.05, 0) is 34.9 Å². The average Bonchev–Trinajstić information content (AvgIpc) is 3.54. The number of rotatable bonds is 7. The van der Waals surface area contributed by atoms with Gasteiger partial charge in [-0.1, -0.05) is 36.4 Å². The number of aromatic amines is 2. The van der Waals surface area contributed by atoms with Crippen LogP contribution in [0.4, 0.5) is 10.1 Å². The van der Waals surface area contributed by atoms with Gasteiger partial charge >= 0.3 is 0 Å². The van der Waals surface area contributed by atoms with Crippen LogP contribution < -0.4 is 10.6 Å². The maximum Gasteiger partial charge on any atom is 0.272 e. The molecule has 5 rings (SSSR count). The molecule has 4 N–H and O–H groups in total. The summed E-state index contributed by atoms with van der Waals surface area (Å²) in [5, 5.41) is 20.1. The van der Waals surface area contributed by atoms with E-state index in [9.17, 15) is 9.18 Å². The summed E-state index contributed by atoms with van der Waals surface area (Å²) in [4.78, 5) is 24.3. The number of nitrogens with one attached hydrogen (secondary N) is 4. The molecule has 3 aromatic heterocycles. The Morgan fingerprint density at radius 1 is 1.06 bits per heavy atom. The number of aromatic nitrogens is 7. The van der Waals surface area contributed by atoms with Crippen LogP contribution in [0, 0.1) is 12.7 Å². The summed E-state index contributed by atoms with van der Waals surface area (Å²) in [6.45, 7) is 2.50. The number of H-pyrrole nitrogens is 2. The molecule has 34 heavy (non-hydrogen) atoms. The molecule has 0 atom stereocenters. The summed E-state index contributed by atoms with van der Waals surface area (Å²) < 4.78 is 13.5. The van der Waals surface area contributed by atoms with Crippen LogP contribution in [0.3, 0.4) is 0 Å². The van der Waals surface area contributed by atoms with E-state index in [4.69, 9.17) is 0 Å². The molecular weight excluding hydrogens is 437 g/mol. The number of fused-ring (bicyclic) bond motifs is 1. The first kappa shape index (κ1) is 21.2. The van der Waals surface area contributed by atoms with Gasteiger partial charge in [-0.2, -0.15) is 5.21 Å². The Bertz CT molecular complexity index is 1450. The molecule has 0 aliphatic rings. The number of amides is 1. The van der Waals surface area contributed by atoms with Crippen LogP contribution in [0.2, 0.25) is 0 Å². The van der Waals surface area contributed by atoms with Crippen molar-refractivity contribution in [1.82, 2.24) is 40.9 Å². The summed E-state index contributed by atoms with van der Waals surface area (Å²) in [5.74, 6) is -0.0880. The van der Waals surface area contributed by atoms with Gasteiger partial charge in [0.2, 0.25) is 5.82 Å². The van der Waals surface area contributed by atoms with Crippen LogP contribution in [0.5, 0.6) is 0 Å². The van der Waals surface area contributed by atoms with Crippen LogP contribution >= 0.6 is 0 Å². The van der Waals surface area contributed by atoms with Crippen LogP contribution in [-0.4, -0.2) is 41.5 Å². The highest BCUT2D eigenvalue weighted by Crippen LogP contribution is 2.23. The minimum atomic E-state index is -0.347. The summed E-state index contributed by atoms with van der Waals surface area (Å²) in [6.07, 6.45) is 3.12. The first-order valence-corrected chi connectivity index (χ1v) is 10.5. The smallest absolute Gasteiger partial charge is 0.272 e. The average molecular weight is 457 g/mol. The third kappa shape index (κ3) is 4.31. The second-order valence-corrected chi connectivity index (χ2v) is 7.70. The fourth-order valence-electron chi connectivity index (χ4n) is 3.58. The summed E-state index contributed by atoms with van der Waals surface area (Å²) >= 11 is 0. The van der Waals surface area contributed by atoms with E-state index in [-0.39, 0.29) is 24.0 Å². The van der Waals surface area contributed by atoms with Gasteiger partial charge in [-0.3, -0.25) is 4.79 Å². The molecule has 0 radical (unpaired) electrons. The van der Waals surface area contributed by atoms with Gasteiger partial charge in [0, 0.05) is 24.8 Å². The van der Waals surface area contributed by atoms with Crippen LogP contribution in [0.1, 0.15) is 27.2 Å². The maximum absolute atomic E-state index is 13.5. The Balaban J connectivity index is 1.27. The van der Waals surface area contributed by atoms with E-state index in [1.54, 1.807) is 25.3 Å². The predicted molar refractivity (Wildman–Crippen MR) is 123 cm³/mol. The number of tetrazole rings is 1.